The molecule has 3 nitrogen and oxygen atoms in total. The monoisotopic (exact) mass is 231 g/mol. The van der Waals surface area contributed by atoms with Gasteiger partial charge < -0.3 is 10.0 Å². The van der Waals surface area contributed by atoms with Crippen molar-refractivity contribution in [2.24, 2.45) is 5.41 Å². The summed E-state index contributed by atoms with van der Waals surface area (Å²) in [5, 5.41) is 8.66. The molecule has 1 aliphatic heterocycles. The SMILES string of the molecule is CN(CCC(=O)O)C1CSCCC1(C)C. The highest BCUT2D eigenvalue weighted by molar-refractivity contribution is 7.99. The van der Waals surface area contributed by atoms with E-state index >= 15 is 0 Å². The van der Waals surface area contributed by atoms with Crippen molar-refractivity contribution in [2.45, 2.75) is 32.7 Å². The maximum atomic E-state index is 10.5. The molecule has 1 rings (SSSR count). The van der Waals surface area contributed by atoms with Gasteiger partial charge in [-0.05, 0) is 24.6 Å². The maximum Gasteiger partial charge on any atom is 0.304 e. The number of aliphatic carboxylic acids is 1. The van der Waals surface area contributed by atoms with Crippen molar-refractivity contribution in [1.29, 1.82) is 0 Å². The summed E-state index contributed by atoms with van der Waals surface area (Å²) < 4.78 is 0. The average Bonchev–Trinajstić information content (AvgIpc) is 2.13. The molecule has 0 amide bonds. The molecule has 1 unspecified atom stereocenters. The van der Waals surface area contributed by atoms with Crippen LogP contribution in [-0.2, 0) is 4.79 Å². The Morgan fingerprint density at radius 3 is 2.80 bits per heavy atom. The Kier molecular flexibility index (Phi) is 4.46. The van der Waals surface area contributed by atoms with Crippen LogP contribution in [0.3, 0.4) is 0 Å². The Hall–Kier alpha value is -0.220. The van der Waals surface area contributed by atoms with Crippen molar-refractivity contribution in [2.75, 3.05) is 25.1 Å². The fourth-order valence-electron chi connectivity index (χ4n) is 2.07. The molecular weight excluding hydrogens is 210 g/mol. The van der Waals surface area contributed by atoms with Crippen LogP contribution in [0.4, 0.5) is 0 Å². The molecule has 1 aliphatic rings. The molecule has 0 saturated carbocycles. The molecule has 0 aliphatic carbocycles. The smallest absolute Gasteiger partial charge is 0.304 e. The van der Waals surface area contributed by atoms with Crippen LogP contribution in [0.25, 0.3) is 0 Å². The summed E-state index contributed by atoms with van der Waals surface area (Å²) in [6.45, 7) is 5.23. The summed E-state index contributed by atoms with van der Waals surface area (Å²) in [6.07, 6.45) is 1.47. The standard InChI is InChI=1S/C11H21NO2S/c1-11(2)5-7-15-8-9(11)12(3)6-4-10(13)14/h9H,4-8H2,1-3H3,(H,13,14). The van der Waals surface area contributed by atoms with Gasteiger partial charge in [0.1, 0.15) is 0 Å². The molecule has 1 fully saturated rings. The van der Waals surface area contributed by atoms with Crippen LogP contribution in [0.5, 0.6) is 0 Å². The summed E-state index contributed by atoms with van der Waals surface area (Å²) in [7, 11) is 2.04. The second-order valence-electron chi connectivity index (χ2n) is 4.95. The van der Waals surface area contributed by atoms with Gasteiger partial charge >= 0.3 is 5.97 Å². The van der Waals surface area contributed by atoms with Crippen molar-refractivity contribution in [3.8, 4) is 0 Å². The quantitative estimate of drug-likeness (QED) is 0.802. The number of thioether (sulfide) groups is 1. The molecule has 1 heterocycles. The van der Waals surface area contributed by atoms with Crippen LogP contribution in [-0.4, -0.2) is 47.1 Å². The third-order valence-corrected chi connectivity index (χ3v) is 4.32. The first-order valence-electron chi connectivity index (χ1n) is 5.43. The van der Waals surface area contributed by atoms with Crippen LogP contribution < -0.4 is 0 Å². The molecule has 0 aromatic carbocycles. The number of nitrogens with zero attached hydrogens (tertiary/aromatic N) is 1. The van der Waals surface area contributed by atoms with Crippen LogP contribution >= 0.6 is 11.8 Å². The predicted octanol–water partition coefficient (Wildman–Crippen LogP) is 1.92. The van der Waals surface area contributed by atoms with E-state index in [-0.39, 0.29) is 6.42 Å². The number of rotatable bonds is 4. The minimum Gasteiger partial charge on any atom is -0.481 e. The average molecular weight is 231 g/mol. The number of hydrogen-bond donors (Lipinski definition) is 1. The number of carbonyl (C=O) groups is 1. The van der Waals surface area contributed by atoms with Crippen molar-refractivity contribution in [3.05, 3.63) is 0 Å². The number of hydrogen-bond acceptors (Lipinski definition) is 3. The van der Waals surface area contributed by atoms with E-state index in [1.807, 2.05) is 18.8 Å². The molecule has 0 aromatic rings. The van der Waals surface area contributed by atoms with E-state index in [0.717, 1.165) is 5.75 Å². The van der Waals surface area contributed by atoms with Gasteiger partial charge in [-0.15, -0.1) is 0 Å². The minimum atomic E-state index is -0.705. The van der Waals surface area contributed by atoms with E-state index in [2.05, 4.69) is 18.7 Å². The van der Waals surface area contributed by atoms with E-state index in [9.17, 15) is 4.79 Å². The van der Waals surface area contributed by atoms with Crippen LogP contribution in [0.1, 0.15) is 26.7 Å². The molecular formula is C11H21NO2S. The first-order valence-corrected chi connectivity index (χ1v) is 6.59. The fourth-order valence-corrected chi connectivity index (χ4v) is 3.84. The van der Waals surface area contributed by atoms with Gasteiger partial charge in [0.05, 0.1) is 6.42 Å². The highest BCUT2D eigenvalue weighted by Crippen LogP contribution is 2.36. The fraction of sp³-hybridized carbons (Fsp3) is 0.909. The Morgan fingerprint density at radius 1 is 1.60 bits per heavy atom. The summed E-state index contributed by atoms with van der Waals surface area (Å²) in [6, 6.07) is 0.510. The Morgan fingerprint density at radius 2 is 2.27 bits per heavy atom. The van der Waals surface area contributed by atoms with Crippen molar-refractivity contribution >= 4 is 17.7 Å². The molecule has 0 bridgehead atoms. The van der Waals surface area contributed by atoms with Gasteiger partial charge in [-0.1, -0.05) is 13.8 Å². The molecule has 0 aromatic heterocycles. The number of carboxylic acid groups (broad SMARTS) is 1. The van der Waals surface area contributed by atoms with E-state index in [4.69, 9.17) is 5.11 Å². The molecule has 1 N–H and O–H groups in total. The molecule has 1 saturated heterocycles. The summed E-state index contributed by atoms with van der Waals surface area (Å²) in [5.41, 5.74) is 0.318. The van der Waals surface area contributed by atoms with Gasteiger partial charge in [0, 0.05) is 18.3 Å². The second-order valence-corrected chi connectivity index (χ2v) is 6.10. The summed E-state index contributed by atoms with van der Waals surface area (Å²) in [5.74, 6) is 1.66. The molecule has 15 heavy (non-hydrogen) atoms. The highest BCUT2D eigenvalue weighted by Gasteiger charge is 2.35. The van der Waals surface area contributed by atoms with Gasteiger partial charge in [0.2, 0.25) is 0 Å². The van der Waals surface area contributed by atoms with Gasteiger partial charge in [-0.25, -0.2) is 0 Å². The lowest BCUT2D eigenvalue weighted by Gasteiger charge is -2.43. The Labute approximate surface area is 96.2 Å². The van der Waals surface area contributed by atoms with Gasteiger partial charge in [0.25, 0.3) is 0 Å². The zero-order valence-corrected chi connectivity index (χ0v) is 10.6. The van der Waals surface area contributed by atoms with Gasteiger partial charge in [0.15, 0.2) is 0 Å². The molecule has 88 valence electrons. The molecule has 0 spiro atoms. The van der Waals surface area contributed by atoms with Gasteiger partial charge in [-0.2, -0.15) is 11.8 Å². The molecule has 1 atom stereocenters. The van der Waals surface area contributed by atoms with Crippen LogP contribution in [0, 0.1) is 5.41 Å². The van der Waals surface area contributed by atoms with E-state index in [0.29, 0.717) is 18.0 Å². The third-order valence-electron chi connectivity index (χ3n) is 3.28. The van der Waals surface area contributed by atoms with Crippen LogP contribution in [0.2, 0.25) is 0 Å². The minimum absolute atomic E-state index is 0.244. The lowest BCUT2D eigenvalue weighted by atomic mass is 9.81. The first-order chi connectivity index (χ1) is 6.93. The zero-order chi connectivity index (χ0) is 11.5. The van der Waals surface area contributed by atoms with Crippen molar-refractivity contribution < 1.29 is 9.90 Å². The highest BCUT2D eigenvalue weighted by atomic mass is 32.2. The summed E-state index contributed by atoms with van der Waals surface area (Å²) in [4.78, 5) is 12.7. The third kappa shape index (κ3) is 3.68. The Bertz CT molecular complexity index is 231. The lowest BCUT2D eigenvalue weighted by Crippen LogP contribution is -2.48. The van der Waals surface area contributed by atoms with Gasteiger partial charge in [-0.3, -0.25) is 4.79 Å². The van der Waals surface area contributed by atoms with E-state index < -0.39 is 5.97 Å². The lowest BCUT2D eigenvalue weighted by molar-refractivity contribution is -0.137. The van der Waals surface area contributed by atoms with E-state index in [1.165, 1.54) is 12.2 Å². The predicted molar refractivity (Wildman–Crippen MR) is 64.4 cm³/mol. The zero-order valence-electron chi connectivity index (χ0n) is 9.82. The summed E-state index contributed by atoms with van der Waals surface area (Å²) >= 11 is 1.98. The van der Waals surface area contributed by atoms with E-state index in [1.54, 1.807) is 0 Å². The second kappa shape index (κ2) is 5.21. The topological polar surface area (TPSA) is 40.5 Å². The Balaban J connectivity index is 2.49. The number of carboxylic acids is 1. The van der Waals surface area contributed by atoms with Crippen molar-refractivity contribution in [1.82, 2.24) is 4.90 Å². The maximum absolute atomic E-state index is 10.5. The van der Waals surface area contributed by atoms with Crippen molar-refractivity contribution in [3.63, 3.8) is 0 Å². The normalized spacial score (nSPS) is 25.5. The largest absolute Gasteiger partial charge is 0.481 e. The molecule has 0 radical (unpaired) electrons. The molecule has 4 heteroatoms. The van der Waals surface area contributed by atoms with Crippen LogP contribution in [0.15, 0.2) is 0 Å². The first kappa shape index (κ1) is 12.8.